The van der Waals surface area contributed by atoms with Crippen LogP contribution in [0.4, 0.5) is 5.69 Å². The fourth-order valence-corrected chi connectivity index (χ4v) is 6.40. The van der Waals surface area contributed by atoms with Crippen molar-refractivity contribution >= 4 is 39.7 Å². The van der Waals surface area contributed by atoms with Crippen LogP contribution in [-0.4, -0.2) is 29.4 Å². The molecule has 1 fully saturated rings. The number of rotatable bonds is 6. The lowest BCUT2D eigenvalue weighted by Gasteiger charge is -2.35. The van der Waals surface area contributed by atoms with Crippen LogP contribution in [0.25, 0.3) is 33.3 Å². The van der Waals surface area contributed by atoms with E-state index in [0.29, 0.717) is 13.0 Å². The molecule has 6 rings (SSSR count). The number of hydrogen-bond acceptors (Lipinski definition) is 3. The number of primary amides is 1. The molecule has 1 aliphatic heterocycles. The van der Waals surface area contributed by atoms with E-state index in [-0.39, 0.29) is 16.8 Å². The van der Waals surface area contributed by atoms with Gasteiger partial charge in [-0.3, -0.25) is 4.79 Å². The number of benzene rings is 3. The third-order valence-corrected chi connectivity index (χ3v) is 8.29. The number of aromatic nitrogens is 1. The van der Waals surface area contributed by atoms with E-state index in [0.717, 1.165) is 39.8 Å². The molecular formula is C31H28N3O2S+. The first kappa shape index (κ1) is 23.4. The number of fused-ring (bicyclic) bond motifs is 1. The zero-order valence-corrected chi connectivity index (χ0v) is 21.2. The summed E-state index contributed by atoms with van der Waals surface area (Å²) >= 11 is 1.70. The number of thiophene rings is 1. The van der Waals surface area contributed by atoms with Crippen LogP contribution in [0.3, 0.4) is 0 Å². The molecule has 3 heterocycles. The standard InChI is InChI=1S/C31H27N3O2S/c32-31(36)29-7-4-15-34(29,30(35)17-21-5-2-1-3-6-21)26-11-8-22(9-12-26)28-19-25-18-23(10-13-27(25)33-28)24-14-16-37-20-24/h1-3,5-6,8-14,16,18-20,29,33H,4,7,15,17H2,(H-,32,36)/p+1/t29-,34?/m0/s1. The summed E-state index contributed by atoms with van der Waals surface area (Å²) in [5, 5.41) is 5.40. The van der Waals surface area contributed by atoms with E-state index in [1.807, 2.05) is 54.6 Å². The second-order valence-electron chi connectivity index (χ2n) is 9.75. The minimum Gasteiger partial charge on any atom is -0.364 e. The molecule has 1 saturated heterocycles. The number of carbonyl (C=O) groups is 2. The van der Waals surface area contributed by atoms with Crippen molar-refractivity contribution in [2.45, 2.75) is 25.3 Å². The van der Waals surface area contributed by atoms with Crippen molar-refractivity contribution in [3.63, 3.8) is 0 Å². The lowest BCUT2D eigenvalue weighted by molar-refractivity contribution is -0.135. The Kier molecular flexibility index (Phi) is 5.99. The number of aromatic amines is 1. The quantitative estimate of drug-likeness (QED) is 0.266. The second-order valence-corrected chi connectivity index (χ2v) is 10.5. The lowest BCUT2D eigenvalue weighted by Crippen LogP contribution is -2.62. The average Bonchev–Trinajstić information content (AvgIpc) is 3.69. The van der Waals surface area contributed by atoms with Gasteiger partial charge in [-0.1, -0.05) is 36.4 Å². The van der Waals surface area contributed by atoms with Crippen molar-refractivity contribution in [2.24, 2.45) is 5.73 Å². The Hall–Kier alpha value is -4.00. The van der Waals surface area contributed by atoms with E-state index in [2.05, 4.69) is 46.1 Å². The van der Waals surface area contributed by atoms with Crippen LogP contribution in [0.15, 0.2) is 95.7 Å². The highest BCUT2D eigenvalue weighted by molar-refractivity contribution is 7.08. The number of quaternary nitrogens is 1. The van der Waals surface area contributed by atoms with Gasteiger partial charge < -0.3 is 10.7 Å². The van der Waals surface area contributed by atoms with Gasteiger partial charge in [0.1, 0.15) is 5.69 Å². The van der Waals surface area contributed by atoms with Crippen LogP contribution in [0, 0.1) is 0 Å². The molecule has 0 radical (unpaired) electrons. The molecule has 5 aromatic rings. The van der Waals surface area contributed by atoms with Gasteiger partial charge in [-0.2, -0.15) is 11.3 Å². The minimum absolute atomic E-state index is 0.00632. The molecular weight excluding hydrogens is 478 g/mol. The Morgan fingerprint density at radius 2 is 1.70 bits per heavy atom. The molecule has 37 heavy (non-hydrogen) atoms. The maximum absolute atomic E-state index is 13.8. The molecule has 2 atom stereocenters. The normalized spacial score (nSPS) is 19.3. The fourth-order valence-electron chi connectivity index (χ4n) is 5.74. The summed E-state index contributed by atoms with van der Waals surface area (Å²) in [5.41, 5.74) is 13.1. The molecule has 1 aliphatic rings. The maximum Gasteiger partial charge on any atom is 0.323 e. The molecule has 0 saturated carbocycles. The molecule has 1 unspecified atom stereocenters. The number of nitrogens with zero attached hydrogens (tertiary/aromatic N) is 1. The van der Waals surface area contributed by atoms with Crippen LogP contribution in [-0.2, 0) is 16.0 Å². The van der Waals surface area contributed by atoms with Crippen molar-refractivity contribution < 1.29 is 9.59 Å². The van der Waals surface area contributed by atoms with Gasteiger partial charge in [0.15, 0.2) is 6.04 Å². The van der Waals surface area contributed by atoms with Crippen molar-refractivity contribution in [1.82, 2.24) is 9.47 Å². The number of likely N-dealkylation sites (tertiary alicyclic amines) is 1. The largest absolute Gasteiger partial charge is 0.364 e. The van der Waals surface area contributed by atoms with Crippen molar-refractivity contribution in [1.29, 1.82) is 0 Å². The Labute approximate surface area is 219 Å². The molecule has 3 N–H and O–H groups in total. The first-order chi connectivity index (χ1) is 18.0. The molecule has 184 valence electrons. The monoisotopic (exact) mass is 506 g/mol. The lowest BCUT2D eigenvalue weighted by atomic mass is 10.0. The van der Waals surface area contributed by atoms with Gasteiger partial charge >= 0.3 is 5.91 Å². The predicted octanol–water partition coefficient (Wildman–Crippen LogP) is 6.29. The summed E-state index contributed by atoms with van der Waals surface area (Å²) in [6.45, 7) is 0.580. The summed E-state index contributed by atoms with van der Waals surface area (Å²) in [5.74, 6) is -0.410. The van der Waals surface area contributed by atoms with Gasteiger partial charge in [0.05, 0.1) is 13.0 Å². The van der Waals surface area contributed by atoms with Crippen LogP contribution < -0.4 is 10.2 Å². The van der Waals surface area contributed by atoms with E-state index >= 15 is 0 Å². The summed E-state index contributed by atoms with van der Waals surface area (Å²) in [7, 11) is 0. The van der Waals surface area contributed by atoms with Crippen molar-refractivity contribution in [3.8, 4) is 22.4 Å². The van der Waals surface area contributed by atoms with Crippen LogP contribution in [0.5, 0.6) is 0 Å². The fraction of sp³-hybridized carbons (Fsp3) is 0.161. The van der Waals surface area contributed by atoms with Gasteiger partial charge in [0, 0.05) is 41.6 Å². The molecule has 6 heteroatoms. The van der Waals surface area contributed by atoms with E-state index in [9.17, 15) is 9.59 Å². The average molecular weight is 507 g/mol. The first-order valence-corrected chi connectivity index (χ1v) is 13.5. The maximum atomic E-state index is 13.8. The number of amides is 2. The highest BCUT2D eigenvalue weighted by Crippen LogP contribution is 2.37. The molecule has 0 bridgehead atoms. The van der Waals surface area contributed by atoms with E-state index < -0.39 is 11.9 Å². The van der Waals surface area contributed by atoms with E-state index in [4.69, 9.17) is 5.73 Å². The molecule has 5 nitrogen and oxygen atoms in total. The Balaban J connectivity index is 1.34. The zero-order valence-electron chi connectivity index (χ0n) is 20.4. The van der Waals surface area contributed by atoms with Crippen molar-refractivity contribution in [3.05, 3.63) is 101 Å². The summed E-state index contributed by atoms with van der Waals surface area (Å²) in [4.78, 5) is 29.8. The second kappa shape index (κ2) is 9.47. The minimum atomic E-state index is -0.550. The Bertz CT molecular complexity index is 1570. The topological polar surface area (TPSA) is 76.0 Å². The highest BCUT2D eigenvalue weighted by atomic mass is 32.1. The van der Waals surface area contributed by atoms with Crippen molar-refractivity contribution in [2.75, 3.05) is 6.54 Å². The van der Waals surface area contributed by atoms with Crippen LogP contribution in [0.2, 0.25) is 0 Å². The summed E-state index contributed by atoms with van der Waals surface area (Å²) in [6.07, 6.45) is 1.66. The number of nitrogens with one attached hydrogen (secondary N) is 1. The van der Waals surface area contributed by atoms with Gasteiger partial charge in [-0.15, -0.1) is 0 Å². The van der Waals surface area contributed by atoms with E-state index in [1.54, 1.807) is 11.3 Å². The highest BCUT2D eigenvalue weighted by Gasteiger charge is 2.52. The number of carbonyl (C=O) groups excluding carboxylic acids is 2. The molecule has 0 aliphatic carbocycles. The first-order valence-electron chi connectivity index (χ1n) is 12.6. The van der Waals surface area contributed by atoms with Crippen LogP contribution in [0.1, 0.15) is 18.4 Å². The van der Waals surface area contributed by atoms with Gasteiger partial charge in [-0.05, 0) is 69.4 Å². The summed E-state index contributed by atoms with van der Waals surface area (Å²) in [6, 6.07) is 27.9. The Morgan fingerprint density at radius 3 is 2.43 bits per heavy atom. The van der Waals surface area contributed by atoms with Gasteiger partial charge in [0.25, 0.3) is 5.91 Å². The van der Waals surface area contributed by atoms with Crippen LogP contribution >= 0.6 is 11.3 Å². The molecule has 3 aromatic carbocycles. The van der Waals surface area contributed by atoms with E-state index in [1.165, 1.54) is 11.1 Å². The summed E-state index contributed by atoms with van der Waals surface area (Å²) < 4.78 is -0.0127. The van der Waals surface area contributed by atoms with Gasteiger partial charge in [-0.25, -0.2) is 9.28 Å². The number of H-pyrrole nitrogens is 1. The third-order valence-electron chi connectivity index (χ3n) is 7.61. The molecule has 0 spiro atoms. The molecule has 2 aromatic heterocycles. The smallest absolute Gasteiger partial charge is 0.323 e. The zero-order chi connectivity index (χ0) is 25.4. The third kappa shape index (κ3) is 4.18. The number of nitrogens with two attached hydrogens (primary N) is 1. The molecule has 2 amide bonds. The number of hydrogen-bond donors (Lipinski definition) is 2. The SMILES string of the molecule is NC(=O)[C@@H]1CCC[N+]1(C(=O)Cc1ccccc1)c1ccc(-c2cc3cc(-c4ccsc4)ccc3[nH]2)cc1. The predicted molar refractivity (Wildman–Crippen MR) is 151 cm³/mol. The Morgan fingerprint density at radius 1 is 0.919 bits per heavy atom. The van der Waals surface area contributed by atoms with Gasteiger partial charge in [0.2, 0.25) is 0 Å².